The Morgan fingerprint density at radius 3 is 2.50 bits per heavy atom. The number of carbonyl (C=O) groups is 2. The van der Waals surface area contributed by atoms with Gasteiger partial charge in [0.25, 0.3) is 5.56 Å². The van der Waals surface area contributed by atoms with Gasteiger partial charge in [0.05, 0.1) is 5.39 Å². The first kappa shape index (κ1) is 15.8. The molecule has 0 aliphatic carbocycles. The number of fused-ring (bicyclic) bond motifs is 1. The monoisotopic (exact) mass is 345 g/mol. The molecule has 0 radical (unpaired) electrons. The number of nitrogens with zero attached hydrogens (tertiary/aromatic N) is 3. The summed E-state index contributed by atoms with van der Waals surface area (Å²) >= 11 is 0.896. The van der Waals surface area contributed by atoms with Crippen molar-refractivity contribution in [3.05, 3.63) is 45.3 Å². The first-order chi connectivity index (χ1) is 11.4. The Labute approximate surface area is 138 Å². The minimum Gasteiger partial charge on any atom is -0.480 e. The van der Waals surface area contributed by atoms with Gasteiger partial charge in [-0.25, -0.2) is 9.78 Å². The van der Waals surface area contributed by atoms with Gasteiger partial charge in [-0.2, -0.15) is 0 Å². The van der Waals surface area contributed by atoms with Gasteiger partial charge in [-0.05, 0) is 24.6 Å². The molecule has 3 aromatic rings. The highest BCUT2D eigenvalue weighted by Gasteiger charge is 2.22. The normalized spacial score (nSPS) is 10.9. The zero-order valence-electron chi connectivity index (χ0n) is 12.4. The first-order valence-corrected chi connectivity index (χ1v) is 7.61. The van der Waals surface area contributed by atoms with Crippen molar-refractivity contribution in [3.63, 3.8) is 0 Å². The third-order valence-corrected chi connectivity index (χ3v) is 4.65. The highest BCUT2D eigenvalue weighted by Crippen LogP contribution is 2.29. The van der Waals surface area contributed by atoms with Crippen molar-refractivity contribution in [2.24, 2.45) is 0 Å². The summed E-state index contributed by atoms with van der Waals surface area (Å²) in [7, 11) is 0. The van der Waals surface area contributed by atoms with Gasteiger partial charge in [-0.3, -0.25) is 19.1 Å². The minimum absolute atomic E-state index is 0.0170. The lowest BCUT2D eigenvalue weighted by atomic mass is 10.2. The second-order valence-corrected chi connectivity index (χ2v) is 6.00. The summed E-state index contributed by atoms with van der Waals surface area (Å²) in [5.41, 5.74) is 0.240. The number of aromatic nitrogens is 3. The van der Waals surface area contributed by atoms with E-state index in [2.05, 4.69) is 9.97 Å². The van der Waals surface area contributed by atoms with Crippen LogP contribution in [0.4, 0.5) is 0 Å². The van der Waals surface area contributed by atoms with Crippen LogP contribution in [0.15, 0.2) is 29.3 Å². The molecule has 24 heavy (non-hydrogen) atoms. The number of thiophene rings is 1. The van der Waals surface area contributed by atoms with Gasteiger partial charge >= 0.3 is 11.9 Å². The van der Waals surface area contributed by atoms with Gasteiger partial charge in [0.1, 0.15) is 22.1 Å². The van der Waals surface area contributed by atoms with E-state index in [-0.39, 0.29) is 20.9 Å². The number of aliphatic carboxylic acids is 1. The molecule has 0 fully saturated rings. The molecule has 3 aromatic heterocycles. The molecule has 0 atom stereocenters. The van der Waals surface area contributed by atoms with E-state index in [9.17, 15) is 19.5 Å². The van der Waals surface area contributed by atoms with Gasteiger partial charge in [0.15, 0.2) is 0 Å². The first-order valence-electron chi connectivity index (χ1n) is 6.79. The zero-order valence-corrected chi connectivity index (χ0v) is 13.2. The average molecular weight is 345 g/mol. The summed E-state index contributed by atoms with van der Waals surface area (Å²) in [6.45, 7) is 0.944. The summed E-state index contributed by atoms with van der Waals surface area (Å²) in [5, 5.41) is 18.5. The van der Waals surface area contributed by atoms with Crippen LogP contribution < -0.4 is 5.56 Å². The number of carboxylic acids is 2. The zero-order chi connectivity index (χ0) is 17.4. The van der Waals surface area contributed by atoms with Gasteiger partial charge < -0.3 is 10.2 Å². The molecule has 0 saturated carbocycles. The molecular formula is C15H11N3O5S. The summed E-state index contributed by atoms with van der Waals surface area (Å²) < 4.78 is 1.03. The van der Waals surface area contributed by atoms with Gasteiger partial charge in [0, 0.05) is 18.0 Å². The predicted octanol–water partition coefficient (Wildman–Crippen LogP) is 1.61. The predicted molar refractivity (Wildman–Crippen MR) is 86.4 cm³/mol. The molecule has 0 bridgehead atoms. The fourth-order valence-electron chi connectivity index (χ4n) is 2.42. The van der Waals surface area contributed by atoms with Gasteiger partial charge in [0.2, 0.25) is 0 Å². The second-order valence-electron chi connectivity index (χ2n) is 5.00. The van der Waals surface area contributed by atoms with E-state index >= 15 is 0 Å². The van der Waals surface area contributed by atoms with E-state index in [1.807, 2.05) is 0 Å². The number of aromatic carboxylic acids is 1. The van der Waals surface area contributed by atoms with Crippen molar-refractivity contribution in [2.45, 2.75) is 13.5 Å². The summed E-state index contributed by atoms with van der Waals surface area (Å²) in [6.07, 6.45) is 3.00. The lowest BCUT2D eigenvalue weighted by Crippen LogP contribution is -2.27. The average Bonchev–Trinajstić information content (AvgIpc) is 2.87. The van der Waals surface area contributed by atoms with Crippen LogP contribution in [0.1, 0.15) is 15.2 Å². The quantitative estimate of drug-likeness (QED) is 0.736. The Hall–Kier alpha value is -3.07. The Bertz CT molecular complexity index is 1020. The molecule has 9 heteroatoms. The van der Waals surface area contributed by atoms with E-state index in [1.54, 1.807) is 12.1 Å². The molecule has 0 amide bonds. The van der Waals surface area contributed by atoms with Gasteiger partial charge in [-0.1, -0.05) is 0 Å². The van der Waals surface area contributed by atoms with Crippen LogP contribution in [0.2, 0.25) is 0 Å². The fourth-order valence-corrected chi connectivity index (χ4v) is 3.43. The van der Waals surface area contributed by atoms with Gasteiger partial charge in [-0.15, -0.1) is 11.3 Å². The number of pyridine rings is 1. The van der Waals surface area contributed by atoms with E-state index in [4.69, 9.17) is 5.11 Å². The summed E-state index contributed by atoms with van der Waals surface area (Å²) in [6, 6.07) is 3.20. The Morgan fingerprint density at radius 2 is 1.92 bits per heavy atom. The van der Waals surface area contributed by atoms with Crippen LogP contribution in [-0.2, 0) is 11.3 Å². The van der Waals surface area contributed by atoms with Crippen molar-refractivity contribution < 1.29 is 19.8 Å². The molecule has 3 rings (SSSR count). The number of carboxylic acid groups (broad SMARTS) is 2. The maximum absolute atomic E-state index is 12.8. The summed E-state index contributed by atoms with van der Waals surface area (Å²) in [4.78, 5) is 43.7. The molecule has 3 heterocycles. The minimum atomic E-state index is -1.19. The van der Waals surface area contributed by atoms with E-state index in [0.717, 1.165) is 15.9 Å². The topological polar surface area (TPSA) is 122 Å². The third-order valence-electron chi connectivity index (χ3n) is 3.48. The largest absolute Gasteiger partial charge is 0.480 e. The van der Waals surface area contributed by atoms with Crippen LogP contribution in [0.5, 0.6) is 0 Å². The molecule has 0 aromatic carbocycles. The summed E-state index contributed by atoms with van der Waals surface area (Å²) in [5.74, 6) is -2.18. The Morgan fingerprint density at radius 1 is 1.25 bits per heavy atom. The van der Waals surface area contributed by atoms with Crippen LogP contribution in [0.25, 0.3) is 21.6 Å². The molecular weight excluding hydrogens is 334 g/mol. The maximum Gasteiger partial charge on any atom is 0.346 e. The van der Waals surface area contributed by atoms with Crippen LogP contribution >= 0.6 is 11.3 Å². The van der Waals surface area contributed by atoms with E-state index in [1.165, 1.54) is 19.3 Å². The molecule has 2 N–H and O–H groups in total. The van der Waals surface area contributed by atoms with Crippen LogP contribution in [0, 0.1) is 6.92 Å². The van der Waals surface area contributed by atoms with Crippen molar-refractivity contribution in [1.82, 2.24) is 14.5 Å². The second kappa shape index (κ2) is 5.85. The highest BCUT2D eigenvalue weighted by molar-refractivity contribution is 7.20. The van der Waals surface area contributed by atoms with Crippen molar-refractivity contribution in [2.75, 3.05) is 0 Å². The molecule has 0 aliphatic rings. The number of rotatable bonds is 4. The lowest BCUT2D eigenvalue weighted by Gasteiger charge is -2.10. The third kappa shape index (κ3) is 2.54. The smallest absolute Gasteiger partial charge is 0.346 e. The molecule has 0 aliphatic heterocycles. The standard InChI is InChI=1S/C15H11N3O5S/c1-7-10-13(24-11(7)15(22)23)17-12(8-2-4-16-5-3-8)18(14(10)21)6-9(19)20/h2-5H,6H2,1H3,(H,19,20)(H,22,23). The number of hydrogen-bond donors (Lipinski definition) is 2. The molecule has 0 saturated heterocycles. The Balaban J connectivity index is 2.40. The van der Waals surface area contributed by atoms with Crippen molar-refractivity contribution in [1.29, 1.82) is 0 Å². The SMILES string of the molecule is Cc1c(C(=O)O)sc2nc(-c3ccncc3)n(CC(=O)O)c(=O)c12. The Kier molecular flexibility index (Phi) is 3.86. The molecule has 122 valence electrons. The van der Waals surface area contributed by atoms with E-state index in [0.29, 0.717) is 11.1 Å². The van der Waals surface area contributed by atoms with Crippen molar-refractivity contribution >= 4 is 33.5 Å². The highest BCUT2D eigenvalue weighted by atomic mass is 32.1. The van der Waals surface area contributed by atoms with E-state index < -0.39 is 24.0 Å². The number of aryl methyl sites for hydroxylation is 1. The maximum atomic E-state index is 12.8. The fraction of sp³-hybridized carbons (Fsp3) is 0.133. The molecule has 8 nitrogen and oxygen atoms in total. The van der Waals surface area contributed by atoms with Crippen LogP contribution in [-0.4, -0.2) is 36.7 Å². The van der Waals surface area contributed by atoms with Crippen molar-refractivity contribution in [3.8, 4) is 11.4 Å². The van der Waals surface area contributed by atoms with Crippen LogP contribution in [0.3, 0.4) is 0 Å². The molecule has 0 unspecified atom stereocenters. The number of hydrogen-bond acceptors (Lipinski definition) is 6. The molecule has 0 spiro atoms. The lowest BCUT2D eigenvalue weighted by molar-refractivity contribution is -0.137.